The van der Waals surface area contributed by atoms with Crippen molar-refractivity contribution >= 4 is 0 Å². The molecule has 0 N–H and O–H groups in total. The van der Waals surface area contributed by atoms with Gasteiger partial charge in [0.25, 0.3) is 0 Å². The molecule has 0 unspecified atom stereocenters. The summed E-state index contributed by atoms with van der Waals surface area (Å²) in [7, 11) is 2.20. The zero-order valence-corrected chi connectivity index (χ0v) is 12.3. The number of imidazole rings is 1. The van der Waals surface area contributed by atoms with E-state index in [2.05, 4.69) is 46.6 Å². The number of hydrogen-bond donors (Lipinski definition) is 0. The Labute approximate surface area is 120 Å². The molecule has 2 aromatic heterocycles. The number of hydrogen-bond acceptors (Lipinski definition) is 3. The van der Waals surface area contributed by atoms with E-state index in [4.69, 9.17) is 4.98 Å². The molecule has 0 amide bonds. The Kier molecular flexibility index (Phi) is 3.83. The van der Waals surface area contributed by atoms with Crippen LogP contribution in [0, 0.1) is 0 Å². The fourth-order valence-electron chi connectivity index (χ4n) is 3.01. The highest BCUT2D eigenvalue weighted by Crippen LogP contribution is 2.25. The van der Waals surface area contributed by atoms with Gasteiger partial charge in [-0.05, 0) is 38.6 Å². The largest absolute Gasteiger partial charge is 0.306 e. The predicted molar refractivity (Wildman–Crippen MR) is 80.2 cm³/mol. The minimum atomic E-state index is 0.558. The van der Waals surface area contributed by atoms with E-state index >= 15 is 0 Å². The van der Waals surface area contributed by atoms with E-state index in [9.17, 15) is 0 Å². The van der Waals surface area contributed by atoms with Crippen LogP contribution in [0.1, 0.15) is 37.2 Å². The second-order valence-electron chi connectivity index (χ2n) is 5.59. The molecule has 4 heteroatoms. The van der Waals surface area contributed by atoms with Crippen LogP contribution in [0.3, 0.4) is 0 Å². The fraction of sp³-hybridized carbons (Fsp3) is 0.500. The zero-order chi connectivity index (χ0) is 13.9. The number of piperidine rings is 1. The maximum Gasteiger partial charge on any atom is 0.138 e. The van der Waals surface area contributed by atoms with Gasteiger partial charge in [0.1, 0.15) is 11.6 Å². The highest BCUT2D eigenvalue weighted by molar-refractivity contribution is 5.28. The van der Waals surface area contributed by atoms with E-state index in [-0.39, 0.29) is 0 Å². The van der Waals surface area contributed by atoms with Crippen LogP contribution in [-0.4, -0.2) is 39.6 Å². The average Bonchev–Trinajstić information content (AvgIpc) is 2.96. The van der Waals surface area contributed by atoms with E-state index in [1.807, 2.05) is 12.4 Å². The van der Waals surface area contributed by atoms with Gasteiger partial charge in [-0.2, -0.15) is 0 Å². The molecule has 2 aromatic rings. The lowest BCUT2D eigenvalue weighted by Crippen LogP contribution is -2.31. The summed E-state index contributed by atoms with van der Waals surface area (Å²) >= 11 is 0. The standard InChI is InChI=1S/C16H22N4/c1-3-15-17-9-11-20(15)16-8-4-7-14(18-16)13-6-5-10-19(2)12-13/h4,7-9,11,13H,3,5-6,10,12H2,1-2H3/t13-/m0/s1. The van der Waals surface area contributed by atoms with E-state index in [0.29, 0.717) is 5.92 Å². The van der Waals surface area contributed by atoms with E-state index in [0.717, 1.165) is 24.6 Å². The summed E-state index contributed by atoms with van der Waals surface area (Å²) in [4.78, 5) is 11.7. The number of likely N-dealkylation sites (N-methyl/N-ethyl adjacent to an activating group) is 1. The molecule has 1 aliphatic heterocycles. The van der Waals surface area contributed by atoms with Crippen LogP contribution in [0.4, 0.5) is 0 Å². The monoisotopic (exact) mass is 270 g/mol. The third-order valence-electron chi connectivity index (χ3n) is 4.08. The van der Waals surface area contributed by atoms with Crippen molar-refractivity contribution in [3.05, 3.63) is 42.1 Å². The second-order valence-corrected chi connectivity index (χ2v) is 5.59. The normalized spacial score (nSPS) is 20.2. The van der Waals surface area contributed by atoms with Gasteiger partial charge in [-0.15, -0.1) is 0 Å². The molecule has 0 radical (unpaired) electrons. The van der Waals surface area contributed by atoms with Crippen molar-refractivity contribution in [1.82, 2.24) is 19.4 Å². The molecule has 20 heavy (non-hydrogen) atoms. The lowest BCUT2D eigenvalue weighted by Gasteiger charge is -2.29. The minimum absolute atomic E-state index is 0.558. The predicted octanol–water partition coefficient (Wildman–Crippen LogP) is 2.64. The van der Waals surface area contributed by atoms with E-state index in [1.54, 1.807) is 0 Å². The van der Waals surface area contributed by atoms with Gasteiger partial charge in [-0.1, -0.05) is 13.0 Å². The maximum atomic E-state index is 4.88. The summed E-state index contributed by atoms with van der Waals surface area (Å²) in [5.74, 6) is 2.61. The van der Waals surface area contributed by atoms with Gasteiger partial charge < -0.3 is 4.90 Å². The van der Waals surface area contributed by atoms with E-state index in [1.165, 1.54) is 25.1 Å². The topological polar surface area (TPSA) is 34.0 Å². The van der Waals surface area contributed by atoms with Crippen molar-refractivity contribution in [2.75, 3.05) is 20.1 Å². The highest BCUT2D eigenvalue weighted by atomic mass is 15.1. The molecule has 0 aromatic carbocycles. The Bertz CT molecular complexity index is 575. The van der Waals surface area contributed by atoms with Crippen LogP contribution in [0.15, 0.2) is 30.6 Å². The number of nitrogens with zero attached hydrogens (tertiary/aromatic N) is 4. The lowest BCUT2D eigenvalue weighted by molar-refractivity contribution is 0.248. The Morgan fingerprint density at radius 1 is 1.35 bits per heavy atom. The van der Waals surface area contributed by atoms with Crippen molar-refractivity contribution in [2.45, 2.75) is 32.1 Å². The number of pyridine rings is 1. The average molecular weight is 270 g/mol. The van der Waals surface area contributed by atoms with Crippen LogP contribution in [-0.2, 0) is 6.42 Å². The Morgan fingerprint density at radius 2 is 2.25 bits per heavy atom. The molecule has 106 valence electrons. The van der Waals surface area contributed by atoms with Gasteiger partial charge in [0, 0.05) is 37.0 Å². The quantitative estimate of drug-likeness (QED) is 0.860. The number of rotatable bonds is 3. The summed E-state index contributed by atoms with van der Waals surface area (Å²) in [6.07, 6.45) is 7.27. The van der Waals surface area contributed by atoms with Crippen LogP contribution < -0.4 is 0 Å². The molecule has 0 saturated carbocycles. The smallest absolute Gasteiger partial charge is 0.138 e. The Morgan fingerprint density at radius 3 is 3.05 bits per heavy atom. The SMILES string of the molecule is CCc1nccn1-c1cccc([C@H]2CCCN(C)C2)n1. The zero-order valence-electron chi connectivity index (χ0n) is 12.3. The molecule has 0 bridgehead atoms. The first-order chi connectivity index (χ1) is 9.78. The Balaban J connectivity index is 1.89. The van der Waals surface area contributed by atoms with Gasteiger partial charge in [0.15, 0.2) is 0 Å². The summed E-state index contributed by atoms with van der Waals surface area (Å²) in [6, 6.07) is 6.35. The van der Waals surface area contributed by atoms with Crippen molar-refractivity contribution in [2.24, 2.45) is 0 Å². The highest BCUT2D eigenvalue weighted by Gasteiger charge is 2.20. The van der Waals surface area contributed by atoms with Gasteiger partial charge in [0.05, 0.1) is 0 Å². The third-order valence-corrected chi connectivity index (χ3v) is 4.08. The Hall–Kier alpha value is -1.68. The van der Waals surface area contributed by atoms with Gasteiger partial charge >= 0.3 is 0 Å². The lowest BCUT2D eigenvalue weighted by atomic mass is 9.95. The molecule has 0 aliphatic carbocycles. The first-order valence-corrected chi connectivity index (χ1v) is 7.46. The van der Waals surface area contributed by atoms with Crippen molar-refractivity contribution in [3.63, 3.8) is 0 Å². The minimum Gasteiger partial charge on any atom is -0.306 e. The molecule has 1 atom stereocenters. The molecule has 1 fully saturated rings. The summed E-state index contributed by atoms with van der Waals surface area (Å²) in [6.45, 7) is 4.44. The number of aromatic nitrogens is 3. The van der Waals surface area contributed by atoms with Crippen LogP contribution in [0.25, 0.3) is 5.82 Å². The molecule has 4 nitrogen and oxygen atoms in total. The van der Waals surface area contributed by atoms with E-state index < -0.39 is 0 Å². The van der Waals surface area contributed by atoms with Crippen molar-refractivity contribution in [1.29, 1.82) is 0 Å². The number of likely N-dealkylation sites (tertiary alicyclic amines) is 1. The van der Waals surface area contributed by atoms with Crippen LogP contribution in [0.2, 0.25) is 0 Å². The van der Waals surface area contributed by atoms with Crippen molar-refractivity contribution in [3.8, 4) is 5.82 Å². The molecular formula is C16H22N4. The summed E-state index contributed by atoms with van der Waals surface area (Å²) in [5.41, 5.74) is 1.21. The maximum absolute atomic E-state index is 4.88. The first kappa shape index (κ1) is 13.3. The summed E-state index contributed by atoms with van der Waals surface area (Å²) < 4.78 is 2.09. The molecule has 3 heterocycles. The third kappa shape index (κ3) is 2.61. The van der Waals surface area contributed by atoms with Gasteiger partial charge in [-0.25, -0.2) is 9.97 Å². The second kappa shape index (κ2) is 5.75. The summed E-state index contributed by atoms with van der Waals surface area (Å²) in [5, 5.41) is 0. The number of aryl methyl sites for hydroxylation is 1. The van der Waals surface area contributed by atoms with Crippen LogP contribution in [0.5, 0.6) is 0 Å². The molecule has 1 aliphatic rings. The van der Waals surface area contributed by atoms with Crippen LogP contribution >= 0.6 is 0 Å². The first-order valence-electron chi connectivity index (χ1n) is 7.46. The molecule has 3 rings (SSSR count). The molecule has 1 saturated heterocycles. The fourth-order valence-corrected chi connectivity index (χ4v) is 3.01. The van der Waals surface area contributed by atoms with Crippen molar-refractivity contribution < 1.29 is 0 Å². The van der Waals surface area contributed by atoms with Gasteiger partial charge in [0.2, 0.25) is 0 Å². The van der Waals surface area contributed by atoms with Gasteiger partial charge in [-0.3, -0.25) is 4.57 Å². The molecule has 0 spiro atoms. The molecular weight excluding hydrogens is 248 g/mol.